The van der Waals surface area contributed by atoms with Crippen LogP contribution in [0.1, 0.15) is 16.7 Å². The van der Waals surface area contributed by atoms with Gasteiger partial charge in [-0.2, -0.15) is 13.2 Å². The molecule has 0 heterocycles. The number of nitrogens with zero attached hydrogens (tertiary/aromatic N) is 1. The number of rotatable bonds is 4. The van der Waals surface area contributed by atoms with E-state index in [2.05, 4.69) is 0 Å². The second-order valence-corrected chi connectivity index (χ2v) is 5.76. The minimum atomic E-state index is -4.87. The zero-order valence-electron chi connectivity index (χ0n) is 11.3. The smallest absolute Gasteiger partial charge is 0.308 e. The molecule has 0 N–H and O–H groups in total. The summed E-state index contributed by atoms with van der Waals surface area (Å²) in [5, 5.41) is 0. The van der Waals surface area contributed by atoms with Crippen molar-refractivity contribution in [1.82, 2.24) is 0 Å². The van der Waals surface area contributed by atoms with Crippen LogP contribution in [0.2, 0.25) is 0 Å². The first-order valence-corrected chi connectivity index (χ1v) is 7.68. The standard InChI is InChI=1S/C13H15ClF3NOS/c1-8-6-10(18(3)12(19)13(15,16)17)7-9(2)11(8)4-5-20-14/h6-7H,4-5H2,1-3H3. The lowest BCUT2D eigenvalue weighted by Crippen LogP contribution is -2.38. The van der Waals surface area contributed by atoms with Crippen molar-refractivity contribution in [3.8, 4) is 0 Å². The van der Waals surface area contributed by atoms with E-state index >= 15 is 0 Å². The molecular weight excluding hydrogens is 311 g/mol. The lowest BCUT2D eigenvalue weighted by molar-refractivity contribution is -0.170. The van der Waals surface area contributed by atoms with E-state index < -0.39 is 12.1 Å². The lowest BCUT2D eigenvalue weighted by Gasteiger charge is -2.21. The second-order valence-electron chi connectivity index (χ2n) is 4.48. The largest absolute Gasteiger partial charge is 0.471 e. The third-order valence-electron chi connectivity index (χ3n) is 3.04. The Kier molecular flexibility index (Phi) is 5.77. The van der Waals surface area contributed by atoms with Gasteiger partial charge >= 0.3 is 12.1 Å². The summed E-state index contributed by atoms with van der Waals surface area (Å²) in [4.78, 5) is 11.8. The lowest BCUT2D eigenvalue weighted by atomic mass is 9.99. The van der Waals surface area contributed by atoms with Gasteiger partial charge in [-0.3, -0.25) is 4.79 Å². The van der Waals surface area contributed by atoms with Crippen molar-refractivity contribution in [1.29, 1.82) is 0 Å². The summed E-state index contributed by atoms with van der Waals surface area (Å²) in [5.74, 6) is -1.15. The first-order chi connectivity index (χ1) is 9.18. The molecule has 112 valence electrons. The van der Waals surface area contributed by atoms with Crippen LogP contribution >= 0.6 is 21.7 Å². The molecule has 0 atom stereocenters. The first kappa shape index (κ1) is 17.2. The molecule has 20 heavy (non-hydrogen) atoms. The van der Waals surface area contributed by atoms with Crippen LogP contribution in [0.3, 0.4) is 0 Å². The van der Waals surface area contributed by atoms with Crippen molar-refractivity contribution in [2.24, 2.45) is 0 Å². The minimum absolute atomic E-state index is 0.240. The zero-order chi connectivity index (χ0) is 15.5. The predicted molar refractivity (Wildman–Crippen MR) is 77.4 cm³/mol. The van der Waals surface area contributed by atoms with E-state index in [0.29, 0.717) is 4.90 Å². The number of anilines is 1. The van der Waals surface area contributed by atoms with Crippen molar-refractivity contribution < 1.29 is 18.0 Å². The third-order valence-corrected chi connectivity index (χ3v) is 3.87. The molecule has 0 saturated heterocycles. The van der Waals surface area contributed by atoms with Gasteiger partial charge in [0.2, 0.25) is 0 Å². The van der Waals surface area contributed by atoms with Gasteiger partial charge in [-0.15, -0.1) is 0 Å². The van der Waals surface area contributed by atoms with Gasteiger partial charge in [0, 0.05) is 18.5 Å². The molecule has 0 spiro atoms. The van der Waals surface area contributed by atoms with E-state index in [1.165, 1.54) is 11.0 Å². The molecule has 0 aromatic heterocycles. The van der Waals surface area contributed by atoms with Gasteiger partial charge in [-0.25, -0.2) is 0 Å². The highest BCUT2D eigenvalue weighted by atomic mass is 35.7. The van der Waals surface area contributed by atoms with Crippen LogP contribution < -0.4 is 4.90 Å². The monoisotopic (exact) mass is 325 g/mol. The van der Waals surface area contributed by atoms with Crippen molar-refractivity contribution >= 4 is 33.3 Å². The Morgan fingerprint density at radius 1 is 1.30 bits per heavy atom. The van der Waals surface area contributed by atoms with Crippen LogP contribution in [0.25, 0.3) is 0 Å². The van der Waals surface area contributed by atoms with Crippen LogP contribution in [0.5, 0.6) is 0 Å². The number of benzene rings is 1. The fraction of sp³-hybridized carbons (Fsp3) is 0.462. The average Bonchev–Trinajstić information content (AvgIpc) is 2.34. The zero-order valence-corrected chi connectivity index (χ0v) is 12.9. The molecule has 0 saturated carbocycles. The fourth-order valence-electron chi connectivity index (χ4n) is 2.01. The molecule has 0 radical (unpaired) electrons. The molecular formula is C13H15ClF3NOS. The highest BCUT2D eigenvalue weighted by Crippen LogP contribution is 2.27. The van der Waals surface area contributed by atoms with Gasteiger partial charge in [-0.1, -0.05) is 11.0 Å². The van der Waals surface area contributed by atoms with E-state index in [1.54, 1.807) is 12.1 Å². The SMILES string of the molecule is Cc1cc(N(C)C(=O)C(F)(F)F)cc(C)c1CCSCl. The van der Waals surface area contributed by atoms with Gasteiger partial charge in [0.25, 0.3) is 0 Å². The summed E-state index contributed by atoms with van der Waals surface area (Å²) in [7, 11) is 7.88. The van der Waals surface area contributed by atoms with E-state index in [9.17, 15) is 18.0 Å². The van der Waals surface area contributed by atoms with Gasteiger partial charge in [-0.05, 0) is 59.8 Å². The summed E-state index contributed by atoms with van der Waals surface area (Å²) < 4.78 is 37.3. The molecule has 1 aromatic carbocycles. The second kappa shape index (κ2) is 6.72. The van der Waals surface area contributed by atoms with Crippen molar-refractivity contribution in [3.63, 3.8) is 0 Å². The molecule has 1 aromatic rings. The van der Waals surface area contributed by atoms with Crippen LogP contribution in [0.15, 0.2) is 12.1 Å². The Bertz CT molecular complexity index is 482. The van der Waals surface area contributed by atoms with Gasteiger partial charge in [0.15, 0.2) is 0 Å². The molecule has 0 unspecified atom stereocenters. The van der Waals surface area contributed by atoms with E-state index in [-0.39, 0.29) is 5.69 Å². The van der Waals surface area contributed by atoms with Gasteiger partial charge in [0.1, 0.15) is 0 Å². The number of aryl methyl sites for hydroxylation is 2. The maximum absolute atomic E-state index is 12.4. The molecule has 0 fully saturated rings. The van der Waals surface area contributed by atoms with Crippen LogP contribution in [-0.4, -0.2) is 24.9 Å². The van der Waals surface area contributed by atoms with Crippen molar-refractivity contribution in [2.45, 2.75) is 26.4 Å². The summed E-state index contributed by atoms with van der Waals surface area (Å²) in [5.41, 5.74) is 3.00. The summed E-state index contributed by atoms with van der Waals surface area (Å²) in [6.07, 6.45) is -4.13. The quantitative estimate of drug-likeness (QED) is 0.824. The molecule has 2 nitrogen and oxygen atoms in total. The van der Waals surface area contributed by atoms with Crippen LogP contribution in [0.4, 0.5) is 18.9 Å². The van der Waals surface area contributed by atoms with Crippen molar-refractivity contribution in [2.75, 3.05) is 17.7 Å². The summed E-state index contributed by atoms with van der Waals surface area (Å²) >= 11 is 0. The highest BCUT2D eigenvalue weighted by molar-refractivity contribution is 8.21. The number of carbonyl (C=O) groups excluding carboxylic acids is 1. The Morgan fingerprint density at radius 2 is 1.80 bits per heavy atom. The highest BCUT2D eigenvalue weighted by Gasteiger charge is 2.41. The molecule has 0 aliphatic heterocycles. The minimum Gasteiger partial charge on any atom is -0.308 e. The Morgan fingerprint density at radius 3 is 2.20 bits per heavy atom. The molecule has 1 amide bonds. The maximum atomic E-state index is 12.4. The Balaban J connectivity index is 3.07. The normalized spacial score (nSPS) is 11.6. The van der Waals surface area contributed by atoms with Crippen LogP contribution in [0, 0.1) is 13.8 Å². The number of amides is 1. The predicted octanol–water partition coefficient (Wildman–Crippen LogP) is 4.26. The maximum Gasteiger partial charge on any atom is 0.471 e. The first-order valence-electron chi connectivity index (χ1n) is 5.87. The molecule has 0 bridgehead atoms. The number of hydrogen-bond acceptors (Lipinski definition) is 2. The topological polar surface area (TPSA) is 20.3 Å². The van der Waals surface area contributed by atoms with E-state index in [0.717, 1.165) is 35.9 Å². The number of hydrogen-bond donors (Lipinski definition) is 0. The van der Waals surface area contributed by atoms with E-state index in [4.69, 9.17) is 10.7 Å². The average molecular weight is 326 g/mol. The van der Waals surface area contributed by atoms with Crippen LogP contribution in [-0.2, 0) is 11.2 Å². The Hall–Kier alpha value is -0.880. The summed E-state index contributed by atoms with van der Waals surface area (Å²) in [6, 6.07) is 3.18. The number of alkyl halides is 3. The van der Waals surface area contributed by atoms with Gasteiger partial charge in [0.05, 0.1) is 0 Å². The fourth-order valence-corrected chi connectivity index (χ4v) is 2.52. The number of halogens is 4. The molecule has 1 rings (SSSR count). The van der Waals surface area contributed by atoms with Gasteiger partial charge < -0.3 is 4.90 Å². The molecule has 0 aliphatic rings. The van der Waals surface area contributed by atoms with Crippen molar-refractivity contribution in [3.05, 3.63) is 28.8 Å². The number of carbonyl (C=O) groups is 1. The molecule has 0 aliphatic carbocycles. The van der Waals surface area contributed by atoms with E-state index in [1.807, 2.05) is 13.8 Å². The molecule has 7 heteroatoms. The third kappa shape index (κ3) is 4.06. The Labute approximate surface area is 124 Å². The summed E-state index contributed by atoms with van der Waals surface area (Å²) in [6.45, 7) is 3.63.